The molecule has 6 unspecified atom stereocenters. The number of hydrogen-bond donors (Lipinski definition) is 4. The number of unbranched alkanes of at least 4 members (excludes halogenated alkanes) is 23. The smallest absolute Gasteiger partial charge is 0.306 e. The third-order valence-corrected chi connectivity index (χ3v) is 11.2. The summed E-state index contributed by atoms with van der Waals surface area (Å²) in [7, 11) is 0. The molecule has 1 rings (SSSR count). The van der Waals surface area contributed by atoms with Crippen LogP contribution in [0.1, 0.15) is 206 Å². The molecule has 350 valence electrons. The number of aliphatic hydroxyl groups excluding tert-OH is 4. The van der Waals surface area contributed by atoms with Crippen LogP contribution in [0, 0.1) is 0 Å². The van der Waals surface area contributed by atoms with Crippen molar-refractivity contribution in [1.29, 1.82) is 0 Å². The molecule has 0 spiro atoms. The lowest BCUT2D eigenvalue weighted by Gasteiger charge is -2.39. The molecule has 1 aliphatic heterocycles. The van der Waals surface area contributed by atoms with Crippen molar-refractivity contribution < 1.29 is 44.2 Å². The van der Waals surface area contributed by atoms with Gasteiger partial charge in [0.1, 0.15) is 30.5 Å². The minimum Gasteiger partial charge on any atom is -0.457 e. The van der Waals surface area contributed by atoms with Crippen molar-refractivity contribution >= 4 is 5.97 Å². The minimum atomic E-state index is -1.54. The van der Waals surface area contributed by atoms with Gasteiger partial charge in [-0.05, 0) is 70.6 Å². The van der Waals surface area contributed by atoms with Crippen LogP contribution in [0.4, 0.5) is 0 Å². The van der Waals surface area contributed by atoms with Crippen molar-refractivity contribution in [1.82, 2.24) is 0 Å². The van der Waals surface area contributed by atoms with E-state index in [4.69, 9.17) is 18.9 Å². The van der Waals surface area contributed by atoms with E-state index < -0.39 is 43.4 Å². The summed E-state index contributed by atoms with van der Waals surface area (Å²) in [6.45, 7) is 4.50. The van der Waals surface area contributed by atoms with Crippen LogP contribution in [0.3, 0.4) is 0 Å². The van der Waals surface area contributed by atoms with Crippen molar-refractivity contribution in [3.8, 4) is 0 Å². The molecule has 1 aliphatic rings. The van der Waals surface area contributed by atoms with Gasteiger partial charge in [0.2, 0.25) is 0 Å². The summed E-state index contributed by atoms with van der Waals surface area (Å²) in [5.74, 6) is -0.326. The molecular formula is C51H92O9. The lowest BCUT2D eigenvalue weighted by molar-refractivity contribution is -0.305. The molecule has 1 fully saturated rings. The number of carbonyl (C=O) groups excluding carboxylic acids is 1. The maximum Gasteiger partial charge on any atom is 0.306 e. The number of rotatable bonds is 42. The van der Waals surface area contributed by atoms with E-state index in [0.29, 0.717) is 13.0 Å². The third kappa shape index (κ3) is 32.8. The molecule has 9 nitrogen and oxygen atoms in total. The Morgan fingerprint density at radius 1 is 0.533 bits per heavy atom. The second-order valence-corrected chi connectivity index (χ2v) is 16.9. The normalized spacial score (nSPS) is 20.4. The zero-order valence-electron chi connectivity index (χ0n) is 38.5. The molecule has 6 atom stereocenters. The largest absolute Gasteiger partial charge is 0.457 e. The van der Waals surface area contributed by atoms with Crippen molar-refractivity contribution in [3.05, 3.63) is 48.6 Å². The Hall–Kier alpha value is -1.85. The van der Waals surface area contributed by atoms with E-state index in [-0.39, 0.29) is 19.2 Å². The van der Waals surface area contributed by atoms with E-state index in [0.717, 1.165) is 70.6 Å². The summed E-state index contributed by atoms with van der Waals surface area (Å²) in [6, 6.07) is 0. The Morgan fingerprint density at radius 2 is 0.983 bits per heavy atom. The van der Waals surface area contributed by atoms with Crippen molar-refractivity contribution in [2.75, 3.05) is 26.4 Å². The fraction of sp³-hybridized carbons (Fsp3) is 0.824. The average molecular weight is 849 g/mol. The van der Waals surface area contributed by atoms with Crippen LogP contribution >= 0.6 is 0 Å². The molecule has 0 saturated carbocycles. The molecular weight excluding hydrogens is 757 g/mol. The van der Waals surface area contributed by atoms with Crippen LogP contribution in [0.5, 0.6) is 0 Å². The number of aliphatic hydroxyl groups is 4. The van der Waals surface area contributed by atoms with Gasteiger partial charge in [0.15, 0.2) is 6.29 Å². The SMILES string of the molecule is CCCC/C=C\CCCCCCCC(=O)OC(COCCCCCCCCCCCCC/C=C\C/C=C\C/C=C\CCCCCCC)COC1OC(CO)C(O)C(O)C1O. The Kier molecular flexibility index (Phi) is 39.7. The number of esters is 1. The summed E-state index contributed by atoms with van der Waals surface area (Å²) in [6.07, 6.45) is 45.8. The molecule has 0 radical (unpaired) electrons. The standard InChI is InChI=1S/C51H92O9/c1-3-5-7-9-11-13-15-16-17-18-19-20-21-22-23-24-25-26-27-28-29-31-33-35-37-39-41-57-43-45(44-58-51-50(56)49(55)48(54)46(42-52)60-51)59-47(53)40-38-36-34-32-30-14-12-10-8-6-4-2/h10,12,15-16,18-19,21-22,45-46,48-52,54-56H,3-9,11,13-14,17,20,23-44H2,1-2H3/b12-10-,16-15-,19-18-,22-21-. The number of allylic oxidation sites excluding steroid dienone is 8. The quantitative estimate of drug-likeness (QED) is 0.0269. The number of carbonyl (C=O) groups is 1. The second-order valence-electron chi connectivity index (χ2n) is 16.9. The predicted octanol–water partition coefficient (Wildman–Crippen LogP) is 11.7. The van der Waals surface area contributed by atoms with E-state index in [1.54, 1.807) is 0 Å². The van der Waals surface area contributed by atoms with Gasteiger partial charge in [-0.25, -0.2) is 0 Å². The van der Waals surface area contributed by atoms with E-state index in [1.165, 1.54) is 116 Å². The highest BCUT2D eigenvalue weighted by Gasteiger charge is 2.44. The summed E-state index contributed by atoms with van der Waals surface area (Å²) in [5, 5.41) is 40.1. The van der Waals surface area contributed by atoms with Crippen LogP contribution in [-0.4, -0.2) is 89.6 Å². The Labute approximate surface area is 367 Å². The van der Waals surface area contributed by atoms with Crippen LogP contribution in [0.25, 0.3) is 0 Å². The van der Waals surface area contributed by atoms with Crippen LogP contribution < -0.4 is 0 Å². The summed E-state index contributed by atoms with van der Waals surface area (Å²) >= 11 is 0. The average Bonchev–Trinajstić information content (AvgIpc) is 3.25. The topological polar surface area (TPSA) is 135 Å². The van der Waals surface area contributed by atoms with Gasteiger partial charge in [-0.3, -0.25) is 4.79 Å². The molecule has 0 bridgehead atoms. The van der Waals surface area contributed by atoms with E-state index in [1.807, 2.05) is 0 Å². The summed E-state index contributed by atoms with van der Waals surface area (Å²) < 4.78 is 22.8. The molecule has 60 heavy (non-hydrogen) atoms. The number of ether oxygens (including phenoxy) is 4. The Bertz CT molecular complexity index is 1060. The van der Waals surface area contributed by atoms with Gasteiger partial charge in [-0.1, -0.05) is 178 Å². The molecule has 0 amide bonds. The van der Waals surface area contributed by atoms with Crippen molar-refractivity contribution in [3.63, 3.8) is 0 Å². The maximum absolute atomic E-state index is 12.7. The highest BCUT2D eigenvalue weighted by atomic mass is 16.7. The molecule has 9 heteroatoms. The first-order valence-electron chi connectivity index (χ1n) is 24.7. The van der Waals surface area contributed by atoms with Gasteiger partial charge in [-0.15, -0.1) is 0 Å². The zero-order valence-corrected chi connectivity index (χ0v) is 38.5. The molecule has 4 N–H and O–H groups in total. The molecule has 1 saturated heterocycles. The Morgan fingerprint density at radius 3 is 1.52 bits per heavy atom. The van der Waals surface area contributed by atoms with Crippen molar-refractivity contribution in [2.45, 2.75) is 243 Å². The molecule has 0 aromatic heterocycles. The van der Waals surface area contributed by atoms with Gasteiger partial charge in [0, 0.05) is 13.0 Å². The van der Waals surface area contributed by atoms with E-state index in [2.05, 4.69) is 62.5 Å². The van der Waals surface area contributed by atoms with Crippen LogP contribution in [-0.2, 0) is 23.7 Å². The summed E-state index contributed by atoms with van der Waals surface area (Å²) in [4.78, 5) is 12.7. The van der Waals surface area contributed by atoms with E-state index >= 15 is 0 Å². The lowest BCUT2D eigenvalue weighted by atomic mass is 9.99. The van der Waals surface area contributed by atoms with Crippen molar-refractivity contribution in [2.24, 2.45) is 0 Å². The first-order valence-corrected chi connectivity index (χ1v) is 24.7. The monoisotopic (exact) mass is 849 g/mol. The maximum atomic E-state index is 12.7. The van der Waals surface area contributed by atoms with Gasteiger partial charge in [0.25, 0.3) is 0 Å². The molecule has 1 heterocycles. The third-order valence-electron chi connectivity index (χ3n) is 11.2. The summed E-state index contributed by atoms with van der Waals surface area (Å²) in [5.41, 5.74) is 0. The Balaban J connectivity index is 2.16. The first-order chi connectivity index (χ1) is 29.4. The second kappa shape index (κ2) is 42.5. The highest BCUT2D eigenvalue weighted by Crippen LogP contribution is 2.22. The van der Waals surface area contributed by atoms with Gasteiger partial charge >= 0.3 is 5.97 Å². The van der Waals surface area contributed by atoms with Gasteiger partial charge in [0.05, 0.1) is 19.8 Å². The fourth-order valence-corrected chi connectivity index (χ4v) is 7.30. The fourth-order valence-electron chi connectivity index (χ4n) is 7.30. The predicted molar refractivity (Wildman–Crippen MR) is 247 cm³/mol. The molecule has 0 aromatic carbocycles. The first kappa shape index (κ1) is 56.2. The highest BCUT2D eigenvalue weighted by molar-refractivity contribution is 5.69. The zero-order chi connectivity index (χ0) is 43.6. The lowest BCUT2D eigenvalue weighted by Crippen LogP contribution is -2.59. The van der Waals surface area contributed by atoms with E-state index in [9.17, 15) is 25.2 Å². The molecule has 0 aliphatic carbocycles. The van der Waals surface area contributed by atoms with Crippen LogP contribution in [0.15, 0.2) is 48.6 Å². The van der Waals surface area contributed by atoms with Gasteiger partial charge in [-0.2, -0.15) is 0 Å². The molecule has 0 aromatic rings. The van der Waals surface area contributed by atoms with Gasteiger partial charge < -0.3 is 39.4 Å². The van der Waals surface area contributed by atoms with Crippen LogP contribution in [0.2, 0.25) is 0 Å². The minimum absolute atomic E-state index is 0.118. The number of hydrogen-bond acceptors (Lipinski definition) is 9.